The summed E-state index contributed by atoms with van der Waals surface area (Å²) in [6.07, 6.45) is -11.2. The fourth-order valence-corrected chi connectivity index (χ4v) is 3.11. The third-order valence-corrected chi connectivity index (χ3v) is 5.64. The fraction of sp³-hybridized carbons (Fsp3) is 0.857. The van der Waals surface area contributed by atoms with E-state index in [1.54, 1.807) is 6.92 Å². The van der Waals surface area contributed by atoms with E-state index in [0.29, 0.717) is 12.8 Å². The number of halogens is 17. The summed E-state index contributed by atoms with van der Waals surface area (Å²) in [5.41, 5.74) is 0.0563. The highest BCUT2D eigenvalue weighted by Crippen LogP contribution is 2.64. The van der Waals surface area contributed by atoms with Gasteiger partial charge in [0.1, 0.15) is 0 Å². The summed E-state index contributed by atoms with van der Waals surface area (Å²) in [4.78, 5) is 13.2. The van der Waals surface area contributed by atoms with E-state index in [-0.39, 0.29) is 25.1 Å². The molecular formula is C21H24F17NO. The number of carbonyl (C=O) groups is 1. The van der Waals surface area contributed by atoms with Crippen LogP contribution in [0.25, 0.3) is 0 Å². The van der Waals surface area contributed by atoms with Crippen LogP contribution >= 0.6 is 0 Å². The summed E-state index contributed by atoms with van der Waals surface area (Å²) < 4.78 is 226. The van der Waals surface area contributed by atoms with Crippen LogP contribution in [-0.2, 0) is 4.79 Å². The van der Waals surface area contributed by atoms with E-state index >= 15 is 0 Å². The molecule has 0 saturated heterocycles. The lowest BCUT2D eigenvalue weighted by molar-refractivity contribution is -0.461. The number of alkyl halides is 17. The van der Waals surface area contributed by atoms with Gasteiger partial charge < -0.3 is 4.90 Å². The molecule has 0 aliphatic rings. The predicted octanol–water partition coefficient (Wildman–Crippen LogP) is 8.76. The highest BCUT2D eigenvalue weighted by molar-refractivity contribution is 5.92. The van der Waals surface area contributed by atoms with Crippen molar-refractivity contribution in [2.45, 2.75) is 100 Å². The van der Waals surface area contributed by atoms with Crippen molar-refractivity contribution in [2.24, 2.45) is 0 Å². The predicted molar refractivity (Wildman–Crippen MR) is 105 cm³/mol. The molecule has 0 aromatic heterocycles. The van der Waals surface area contributed by atoms with E-state index in [1.807, 2.05) is 0 Å². The zero-order valence-corrected chi connectivity index (χ0v) is 20.6. The number of unbranched alkanes of at least 4 members (excludes halogenated alkanes) is 3. The molecule has 0 saturated carbocycles. The van der Waals surface area contributed by atoms with Gasteiger partial charge >= 0.3 is 47.6 Å². The number of nitrogens with zero attached hydrogens (tertiary/aromatic N) is 1. The topological polar surface area (TPSA) is 20.3 Å². The van der Waals surface area contributed by atoms with Gasteiger partial charge in [-0.3, -0.25) is 4.79 Å². The van der Waals surface area contributed by atoms with E-state index in [4.69, 9.17) is 0 Å². The maximum Gasteiger partial charge on any atom is 0.460 e. The van der Waals surface area contributed by atoms with Gasteiger partial charge in [0, 0.05) is 25.1 Å². The van der Waals surface area contributed by atoms with Gasteiger partial charge in [-0.15, -0.1) is 0 Å². The van der Waals surface area contributed by atoms with Crippen LogP contribution in [-0.4, -0.2) is 71.5 Å². The normalized spacial score (nSPS) is 14.9. The molecule has 0 aliphatic carbocycles. The van der Waals surface area contributed by atoms with Crippen molar-refractivity contribution in [2.75, 3.05) is 13.1 Å². The Hall–Kier alpha value is -1.98. The third-order valence-electron chi connectivity index (χ3n) is 5.64. The molecule has 0 fully saturated rings. The van der Waals surface area contributed by atoms with Crippen molar-refractivity contribution in [1.29, 1.82) is 0 Å². The van der Waals surface area contributed by atoms with Gasteiger partial charge in [0.25, 0.3) is 0 Å². The first-order valence-electron chi connectivity index (χ1n) is 11.2. The minimum Gasteiger partial charge on any atom is -0.339 e. The van der Waals surface area contributed by atoms with Crippen LogP contribution in [0.15, 0.2) is 12.2 Å². The van der Waals surface area contributed by atoms with Crippen molar-refractivity contribution in [3.63, 3.8) is 0 Å². The Morgan fingerprint density at radius 1 is 0.575 bits per heavy atom. The molecule has 0 spiro atoms. The van der Waals surface area contributed by atoms with E-state index in [0.717, 1.165) is 0 Å². The Morgan fingerprint density at radius 3 is 1.32 bits per heavy atom. The number of carbonyl (C=O) groups excluding carboxylic acids is 1. The Morgan fingerprint density at radius 2 is 0.950 bits per heavy atom. The van der Waals surface area contributed by atoms with Gasteiger partial charge in [0.15, 0.2) is 0 Å². The van der Waals surface area contributed by atoms with Gasteiger partial charge in [-0.05, 0) is 26.2 Å². The Bertz CT molecular complexity index is 879. The lowest BCUT2D eigenvalue weighted by atomic mass is 9.88. The zero-order chi connectivity index (χ0) is 32.4. The van der Waals surface area contributed by atoms with E-state index in [1.165, 1.54) is 11.8 Å². The average molecular weight is 629 g/mol. The molecule has 0 bridgehead atoms. The van der Waals surface area contributed by atoms with Gasteiger partial charge in [-0.1, -0.05) is 26.3 Å². The molecule has 40 heavy (non-hydrogen) atoms. The van der Waals surface area contributed by atoms with Crippen LogP contribution in [0.4, 0.5) is 74.6 Å². The molecule has 0 aromatic carbocycles. The molecule has 0 rings (SSSR count). The monoisotopic (exact) mass is 629 g/mol. The molecular weight excluding hydrogens is 605 g/mol. The molecule has 1 amide bonds. The smallest absolute Gasteiger partial charge is 0.339 e. The summed E-state index contributed by atoms with van der Waals surface area (Å²) in [6.45, 7) is 6.39. The second kappa shape index (κ2) is 12.1. The quantitative estimate of drug-likeness (QED) is 0.0950. The lowest BCUT2D eigenvalue weighted by Gasteiger charge is -2.42. The first kappa shape index (κ1) is 38.0. The minimum atomic E-state index is -8.63. The number of amides is 1. The Kier molecular flexibility index (Phi) is 11.5. The van der Waals surface area contributed by atoms with Crippen LogP contribution in [0, 0.1) is 0 Å². The standard InChI is InChI=1S/C21H24F17NO/c1-4-5-10-39(13(40)12(2)3)11-8-6-7-9-14(22,23)15(24,25)16(26,27)17(28,29)18(30,31)19(32,33)20(34,35)21(36,37)38/h2,4-11H2,1,3H3. The molecule has 19 heteroatoms. The lowest BCUT2D eigenvalue weighted by Crippen LogP contribution is -2.74. The average Bonchev–Trinajstić information content (AvgIpc) is 2.78. The van der Waals surface area contributed by atoms with E-state index < -0.39 is 72.8 Å². The molecule has 0 aliphatic heterocycles. The molecule has 0 unspecified atom stereocenters. The number of rotatable bonds is 16. The Labute approximate surface area is 216 Å². The summed E-state index contributed by atoms with van der Waals surface area (Å²) in [7, 11) is 0. The van der Waals surface area contributed by atoms with Crippen molar-refractivity contribution in [3.8, 4) is 0 Å². The molecule has 0 aromatic rings. The van der Waals surface area contributed by atoms with Crippen LogP contribution < -0.4 is 0 Å². The molecule has 0 radical (unpaired) electrons. The summed E-state index contributed by atoms with van der Waals surface area (Å²) in [5, 5.41) is 0. The third kappa shape index (κ3) is 6.57. The van der Waals surface area contributed by atoms with Gasteiger partial charge in [0.05, 0.1) is 0 Å². The second-order valence-electron chi connectivity index (χ2n) is 8.89. The zero-order valence-electron chi connectivity index (χ0n) is 20.6. The van der Waals surface area contributed by atoms with Crippen molar-refractivity contribution in [3.05, 3.63) is 12.2 Å². The van der Waals surface area contributed by atoms with Crippen molar-refractivity contribution in [1.82, 2.24) is 4.90 Å². The van der Waals surface area contributed by atoms with E-state index in [2.05, 4.69) is 6.58 Å². The fourth-order valence-electron chi connectivity index (χ4n) is 3.11. The molecule has 0 N–H and O–H groups in total. The maximum absolute atomic E-state index is 13.9. The van der Waals surface area contributed by atoms with Gasteiger partial charge in [-0.25, -0.2) is 0 Å². The second-order valence-corrected chi connectivity index (χ2v) is 8.89. The van der Waals surface area contributed by atoms with Crippen LogP contribution in [0.2, 0.25) is 0 Å². The first-order chi connectivity index (χ1) is 17.5. The van der Waals surface area contributed by atoms with Crippen molar-refractivity contribution >= 4 is 5.91 Å². The summed E-state index contributed by atoms with van der Waals surface area (Å²) in [6, 6.07) is 0. The molecule has 238 valence electrons. The van der Waals surface area contributed by atoms with Crippen LogP contribution in [0.3, 0.4) is 0 Å². The minimum absolute atomic E-state index is 0.0563. The largest absolute Gasteiger partial charge is 0.460 e. The molecule has 0 heterocycles. The maximum atomic E-state index is 13.9. The summed E-state index contributed by atoms with van der Waals surface area (Å²) >= 11 is 0. The van der Waals surface area contributed by atoms with Gasteiger partial charge in [0.2, 0.25) is 5.91 Å². The molecule has 2 nitrogen and oxygen atoms in total. The van der Waals surface area contributed by atoms with Gasteiger partial charge in [-0.2, -0.15) is 74.6 Å². The van der Waals surface area contributed by atoms with Crippen LogP contribution in [0.5, 0.6) is 0 Å². The number of hydrogen-bond donors (Lipinski definition) is 0. The highest BCUT2D eigenvalue weighted by Gasteiger charge is 2.95. The first-order valence-corrected chi connectivity index (χ1v) is 11.2. The molecule has 0 atom stereocenters. The highest BCUT2D eigenvalue weighted by atomic mass is 19.4. The van der Waals surface area contributed by atoms with Crippen molar-refractivity contribution < 1.29 is 79.4 Å². The van der Waals surface area contributed by atoms with Crippen LogP contribution in [0.1, 0.15) is 52.4 Å². The van der Waals surface area contributed by atoms with E-state index in [9.17, 15) is 79.4 Å². The number of hydrogen-bond acceptors (Lipinski definition) is 1. The SMILES string of the molecule is C=C(C)C(=O)N(CCCC)CCCCCC(F)(F)C(F)(F)C(F)(F)C(F)(F)C(F)(F)C(F)(F)C(F)(F)C(F)(F)F. The summed E-state index contributed by atoms with van der Waals surface area (Å²) in [5.74, 6) is -56.8. The Balaban J connectivity index is 5.87.